The van der Waals surface area contributed by atoms with Gasteiger partial charge >= 0.3 is 6.09 Å². The van der Waals surface area contributed by atoms with Gasteiger partial charge in [-0.15, -0.1) is 11.8 Å². The van der Waals surface area contributed by atoms with Crippen LogP contribution in [0.15, 0.2) is 23.1 Å². The monoisotopic (exact) mass is 340 g/mol. The summed E-state index contributed by atoms with van der Waals surface area (Å²) in [6, 6.07) is 4.38. The first-order chi connectivity index (χ1) is 10.9. The highest BCUT2D eigenvalue weighted by Crippen LogP contribution is 2.28. The van der Waals surface area contributed by atoms with Gasteiger partial charge in [-0.05, 0) is 25.1 Å². The second kappa shape index (κ2) is 7.45. The average molecular weight is 340 g/mol. The van der Waals surface area contributed by atoms with Gasteiger partial charge in [0.1, 0.15) is 17.7 Å². The Morgan fingerprint density at radius 3 is 2.78 bits per heavy atom. The van der Waals surface area contributed by atoms with Gasteiger partial charge in [0.2, 0.25) is 5.91 Å². The van der Waals surface area contributed by atoms with Gasteiger partial charge in [0, 0.05) is 11.8 Å². The lowest BCUT2D eigenvalue weighted by molar-refractivity contribution is -0.119. The van der Waals surface area contributed by atoms with Crippen molar-refractivity contribution in [2.75, 3.05) is 23.7 Å². The van der Waals surface area contributed by atoms with Crippen LogP contribution >= 0.6 is 11.8 Å². The van der Waals surface area contributed by atoms with Gasteiger partial charge in [0.05, 0.1) is 24.5 Å². The van der Waals surface area contributed by atoms with Crippen molar-refractivity contribution in [1.29, 1.82) is 0 Å². The zero-order chi connectivity index (χ0) is 17.0. The first-order valence-electron chi connectivity index (χ1n) is 7.01. The minimum atomic E-state index is -0.580. The number of thioether (sulfide) groups is 1. The summed E-state index contributed by atoms with van der Waals surface area (Å²) in [6.07, 6.45) is -1.05. The van der Waals surface area contributed by atoms with Crippen molar-refractivity contribution in [3.63, 3.8) is 0 Å². The van der Waals surface area contributed by atoms with E-state index in [9.17, 15) is 18.8 Å². The first-order valence-corrected chi connectivity index (χ1v) is 7.99. The van der Waals surface area contributed by atoms with E-state index in [4.69, 9.17) is 4.74 Å². The molecular formula is C15H17FN2O4S. The number of nitrogens with one attached hydrogen (secondary N) is 1. The number of amides is 2. The van der Waals surface area contributed by atoms with E-state index in [-0.39, 0.29) is 30.5 Å². The Balaban J connectivity index is 2.04. The third-order valence-electron chi connectivity index (χ3n) is 3.11. The molecule has 1 N–H and O–H groups in total. The van der Waals surface area contributed by atoms with E-state index in [1.54, 1.807) is 6.07 Å². The third-order valence-corrected chi connectivity index (χ3v) is 4.30. The predicted octanol–water partition coefficient (Wildman–Crippen LogP) is 1.97. The highest BCUT2D eigenvalue weighted by atomic mass is 32.2. The fourth-order valence-corrected chi connectivity index (χ4v) is 2.77. The molecule has 0 saturated carbocycles. The van der Waals surface area contributed by atoms with Crippen molar-refractivity contribution in [2.24, 2.45) is 0 Å². The van der Waals surface area contributed by atoms with Crippen molar-refractivity contribution >= 4 is 35.2 Å². The van der Waals surface area contributed by atoms with Gasteiger partial charge in [0.15, 0.2) is 0 Å². The van der Waals surface area contributed by atoms with Crippen LogP contribution < -0.4 is 10.2 Å². The van der Waals surface area contributed by atoms with Crippen molar-refractivity contribution in [1.82, 2.24) is 5.32 Å². The van der Waals surface area contributed by atoms with Crippen LogP contribution in [0.25, 0.3) is 0 Å². The fourth-order valence-electron chi connectivity index (χ4n) is 2.05. The minimum absolute atomic E-state index is 0.0394. The van der Waals surface area contributed by atoms with E-state index in [0.29, 0.717) is 10.6 Å². The number of ether oxygens (including phenoxy) is 1. The highest BCUT2D eigenvalue weighted by Gasteiger charge is 2.32. The van der Waals surface area contributed by atoms with Crippen LogP contribution in [0.4, 0.5) is 14.9 Å². The molecular weight excluding hydrogens is 323 g/mol. The predicted molar refractivity (Wildman–Crippen MR) is 84.1 cm³/mol. The summed E-state index contributed by atoms with van der Waals surface area (Å²) in [6.45, 7) is 3.27. The number of rotatable bonds is 6. The molecule has 1 aromatic carbocycles. The number of hydrogen-bond donors (Lipinski definition) is 1. The number of carbonyl (C=O) groups excluding carboxylic acids is 3. The molecule has 0 aliphatic carbocycles. The molecule has 0 unspecified atom stereocenters. The van der Waals surface area contributed by atoms with Crippen molar-refractivity contribution in [3.05, 3.63) is 24.0 Å². The molecule has 23 heavy (non-hydrogen) atoms. The van der Waals surface area contributed by atoms with Crippen LogP contribution in [0.3, 0.4) is 0 Å². The maximum Gasteiger partial charge on any atom is 0.414 e. The number of nitrogens with zero attached hydrogens (tertiary/aromatic N) is 1. The van der Waals surface area contributed by atoms with Crippen LogP contribution in [0.2, 0.25) is 0 Å². The SMILES string of the molecule is CC(=O)CSc1ccc(N2C[C@H](CNC(C)=O)OC2=O)cc1F. The molecule has 0 radical (unpaired) electrons. The maximum atomic E-state index is 14.1. The topological polar surface area (TPSA) is 75.7 Å². The molecule has 1 fully saturated rings. The van der Waals surface area contributed by atoms with E-state index in [0.717, 1.165) is 11.8 Å². The number of halogens is 1. The Hall–Kier alpha value is -2.09. The van der Waals surface area contributed by atoms with Gasteiger partial charge in [-0.25, -0.2) is 9.18 Å². The molecule has 1 saturated heterocycles. The molecule has 2 amide bonds. The van der Waals surface area contributed by atoms with E-state index in [1.807, 2.05) is 0 Å². The fraction of sp³-hybridized carbons (Fsp3) is 0.400. The second-order valence-corrected chi connectivity index (χ2v) is 6.18. The summed E-state index contributed by atoms with van der Waals surface area (Å²) in [5, 5.41) is 2.58. The van der Waals surface area contributed by atoms with Crippen molar-refractivity contribution < 1.29 is 23.5 Å². The summed E-state index contributed by atoms with van der Waals surface area (Å²) in [5.74, 6) is -0.549. The lowest BCUT2D eigenvalue weighted by Crippen LogP contribution is -2.33. The largest absolute Gasteiger partial charge is 0.442 e. The van der Waals surface area contributed by atoms with E-state index in [1.165, 1.54) is 30.9 Å². The zero-order valence-corrected chi connectivity index (χ0v) is 13.6. The van der Waals surface area contributed by atoms with Crippen LogP contribution in [0, 0.1) is 5.82 Å². The molecule has 1 aliphatic heterocycles. The van der Waals surface area contributed by atoms with Gasteiger partial charge in [-0.2, -0.15) is 0 Å². The number of Topliss-reactive ketones (excluding diaryl/α,β-unsaturated/α-hetero) is 1. The molecule has 1 aromatic rings. The number of carbonyl (C=O) groups is 3. The molecule has 2 rings (SSSR count). The molecule has 0 bridgehead atoms. The highest BCUT2D eigenvalue weighted by molar-refractivity contribution is 8.00. The number of benzene rings is 1. The Morgan fingerprint density at radius 1 is 1.43 bits per heavy atom. The molecule has 1 atom stereocenters. The molecule has 0 spiro atoms. The lowest BCUT2D eigenvalue weighted by atomic mass is 10.2. The van der Waals surface area contributed by atoms with Gasteiger partial charge in [-0.3, -0.25) is 14.5 Å². The number of cyclic esters (lactones) is 1. The Bertz CT molecular complexity index is 638. The van der Waals surface area contributed by atoms with Crippen LogP contribution in [-0.2, 0) is 14.3 Å². The van der Waals surface area contributed by atoms with Crippen LogP contribution in [-0.4, -0.2) is 42.7 Å². The Morgan fingerprint density at radius 2 is 2.17 bits per heavy atom. The average Bonchev–Trinajstić information content (AvgIpc) is 2.84. The van der Waals surface area contributed by atoms with Gasteiger partial charge < -0.3 is 10.1 Å². The van der Waals surface area contributed by atoms with Crippen molar-refractivity contribution in [2.45, 2.75) is 24.8 Å². The molecule has 0 aromatic heterocycles. The first kappa shape index (κ1) is 17.3. The van der Waals surface area contributed by atoms with Crippen LogP contribution in [0.5, 0.6) is 0 Å². The van der Waals surface area contributed by atoms with E-state index >= 15 is 0 Å². The normalized spacial score (nSPS) is 17.1. The Kier molecular flexibility index (Phi) is 5.59. The quantitative estimate of drug-likeness (QED) is 0.801. The standard InChI is InChI=1S/C15H17FN2O4S/c1-9(19)8-23-14-4-3-11(5-13(14)16)18-7-12(22-15(18)21)6-17-10(2)20/h3-5,12H,6-8H2,1-2H3,(H,17,20)/t12-/m0/s1. The maximum absolute atomic E-state index is 14.1. The summed E-state index contributed by atoms with van der Waals surface area (Å²) >= 11 is 1.11. The molecule has 6 nitrogen and oxygen atoms in total. The molecule has 8 heteroatoms. The number of ketones is 1. The smallest absolute Gasteiger partial charge is 0.414 e. The van der Waals surface area contributed by atoms with Gasteiger partial charge in [0.25, 0.3) is 0 Å². The second-order valence-electron chi connectivity index (χ2n) is 5.16. The Labute approximate surface area is 137 Å². The van der Waals surface area contributed by atoms with Crippen LogP contribution in [0.1, 0.15) is 13.8 Å². The van der Waals surface area contributed by atoms with E-state index < -0.39 is 18.0 Å². The molecule has 1 aliphatic rings. The summed E-state index contributed by atoms with van der Waals surface area (Å²) in [5.41, 5.74) is 0.380. The third kappa shape index (κ3) is 4.69. The number of anilines is 1. The minimum Gasteiger partial charge on any atom is -0.442 e. The van der Waals surface area contributed by atoms with E-state index in [2.05, 4.69) is 5.32 Å². The molecule has 1 heterocycles. The summed E-state index contributed by atoms with van der Waals surface area (Å²) in [4.78, 5) is 35.4. The van der Waals surface area contributed by atoms with Gasteiger partial charge in [-0.1, -0.05) is 0 Å². The lowest BCUT2D eigenvalue weighted by Gasteiger charge is -2.14. The number of hydrogen-bond acceptors (Lipinski definition) is 5. The zero-order valence-electron chi connectivity index (χ0n) is 12.8. The molecule has 124 valence electrons. The van der Waals surface area contributed by atoms with Crippen molar-refractivity contribution in [3.8, 4) is 0 Å². The summed E-state index contributed by atoms with van der Waals surface area (Å²) in [7, 11) is 0. The summed E-state index contributed by atoms with van der Waals surface area (Å²) < 4.78 is 19.2.